The van der Waals surface area contributed by atoms with Gasteiger partial charge in [0.1, 0.15) is 17.1 Å². The third-order valence-electron chi connectivity index (χ3n) is 4.93. The highest BCUT2D eigenvalue weighted by Gasteiger charge is 2.18. The first kappa shape index (κ1) is 18.0. The van der Waals surface area contributed by atoms with Crippen molar-refractivity contribution in [3.63, 3.8) is 0 Å². The molecule has 28 heavy (non-hydrogen) atoms. The SMILES string of the molecule is O=C(COc1ccc2oc3c(c2c1)CCCC3)NCc1ccc([N+](=O)[O-])cc1. The van der Waals surface area contributed by atoms with Gasteiger partial charge in [-0.05, 0) is 43.0 Å². The van der Waals surface area contributed by atoms with Crippen LogP contribution in [0, 0.1) is 10.1 Å². The molecule has 0 aliphatic heterocycles. The number of ether oxygens (including phenoxy) is 1. The van der Waals surface area contributed by atoms with Crippen molar-refractivity contribution < 1.29 is 18.9 Å². The summed E-state index contributed by atoms with van der Waals surface area (Å²) < 4.78 is 11.5. The molecule has 1 aromatic heterocycles. The van der Waals surface area contributed by atoms with Gasteiger partial charge in [0.15, 0.2) is 6.61 Å². The van der Waals surface area contributed by atoms with Crippen LogP contribution in [0.15, 0.2) is 46.9 Å². The van der Waals surface area contributed by atoms with Crippen molar-refractivity contribution in [2.45, 2.75) is 32.2 Å². The Labute approximate surface area is 161 Å². The molecule has 7 heteroatoms. The Balaban J connectivity index is 1.33. The molecule has 7 nitrogen and oxygen atoms in total. The Kier molecular flexibility index (Phi) is 4.97. The monoisotopic (exact) mass is 380 g/mol. The zero-order chi connectivity index (χ0) is 19.5. The quantitative estimate of drug-likeness (QED) is 0.517. The molecule has 0 bridgehead atoms. The second-order valence-electron chi connectivity index (χ2n) is 6.86. The molecule has 0 fully saturated rings. The van der Waals surface area contributed by atoms with E-state index in [1.165, 1.54) is 17.7 Å². The van der Waals surface area contributed by atoms with E-state index in [4.69, 9.17) is 9.15 Å². The third kappa shape index (κ3) is 3.83. The Bertz CT molecular complexity index is 1020. The molecule has 1 N–H and O–H groups in total. The molecule has 2 aromatic carbocycles. The van der Waals surface area contributed by atoms with Crippen molar-refractivity contribution in [3.05, 3.63) is 69.5 Å². The van der Waals surface area contributed by atoms with E-state index >= 15 is 0 Å². The van der Waals surface area contributed by atoms with E-state index in [0.29, 0.717) is 5.75 Å². The predicted octanol–water partition coefficient (Wildman–Crippen LogP) is 3.92. The summed E-state index contributed by atoms with van der Waals surface area (Å²) in [7, 11) is 0. The van der Waals surface area contributed by atoms with Crippen LogP contribution in [0.2, 0.25) is 0 Å². The summed E-state index contributed by atoms with van der Waals surface area (Å²) in [6.07, 6.45) is 4.32. The van der Waals surface area contributed by atoms with Crippen LogP contribution in [0.25, 0.3) is 11.0 Å². The van der Waals surface area contributed by atoms with E-state index in [0.717, 1.165) is 48.0 Å². The second kappa shape index (κ2) is 7.72. The molecule has 3 aromatic rings. The number of carbonyl (C=O) groups excluding carboxylic acids is 1. The number of rotatable bonds is 6. The maximum absolute atomic E-state index is 12.0. The number of furan rings is 1. The molecule has 0 unspecified atom stereocenters. The van der Waals surface area contributed by atoms with Gasteiger partial charge in [0.25, 0.3) is 11.6 Å². The molecule has 4 rings (SSSR count). The van der Waals surface area contributed by atoms with Crippen LogP contribution in [0.4, 0.5) is 5.69 Å². The molecule has 0 spiro atoms. The number of fused-ring (bicyclic) bond motifs is 3. The highest BCUT2D eigenvalue weighted by molar-refractivity contribution is 5.84. The lowest BCUT2D eigenvalue weighted by atomic mass is 9.96. The number of nitrogens with zero attached hydrogens (tertiary/aromatic N) is 1. The number of nitro benzene ring substituents is 1. The van der Waals surface area contributed by atoms with E-state index in [1.54, 1.807) is 18.2 Å². The van der Waals surface area contributed by atoms with Gasteiger partial charge >= 0.3 is 0 Å². The maximum Gasteiger partial charge on any atom is 0.269 e. The Morgan fingerprint density at radius 3 is 2.71 bits per heavy atom. The van der Waals surface area contributed by atoms with E-state index in [9.17, 15) is 14.9 Å². The van der Waals surface area contributed by atoms with Gasteiger partial charge in [0, 0.05) is 36.0 Å². The zero-order valence-electron chi connectivity index (χ0n) is 15.3. The molecule has 1 heterocycles. The molecule has 0 atom stereocenters. The fourth-order valence-corrected chi connectivity index (χ4v) is 3.47. The Morgan fingerprint density at radius 1 is 1.14 bits per heavy atom. The van der Waals surface area contributed by atoms with Crippen LogP contribution in [0.5, 0.6) is 5.75 Å². The molecule has 144 valence electrons. The zero-order valence-corrected chi connectivity index (χ0v) is 15.3. The van der Waals surface area contributed by atoms with Crippen LogP contribution in [-0.4, -0.2) is 17.4 Å². The van der Waals surface area contributed by atoms with E-state index in [2.05, 4.69) is 5.32 Å². The minimum Gasteiger partial charge on any atom is -0.484 e. The average molecular weight is 380 g/mol. The Morgan fingerprint density at radius 2 is 1.93 bits per heavy atom. The molecule has 0 saturated heterocycles. The van der Waals surface area contributed by atoms with Crippen LogP contribution in [-0.2, 0) is 24.2 Å². The normalized spacial score (nSPS) is 13.1. The van der Waals surface area contributed by atoms with Gasteiger partial charge in [-0.1, -0.05) is 12.1 Å². The minimum absolute atomic E-state index is 0.0234. The molecule has 1 aliphatic carbocycles. The summed E-state index contributed by atoms with van der Waals surface area (Å²) in [6.45, 7) is 0.187. The van der Waals surface area contributed by atoms with Gasteiger partial charge < -0.3 is 14.5 Å². The first-order valence-corrected chi connectivity index (χ1v) is 9.27. The number of benzene rings is 2. The van der Waals surface area contributed by atoms with Crippen molar-refractivity contribution in [2.75, 3.05) is 6.61 Å². The topological polar surface area (TPSA) is 94.6 Å². The molecule has 1 amide bonds. The van der Waals surface area contributed by atoms with Gasteiger partial charge in [0.05, 0.1) is 4.92 Å². The fraction of sp³-hybridized carbons (Fsp3) is 0.286. The van der Waals surface area contributed by atoms with Gasteiger partial charge in [-0.2, -0.15) is 0 Å². The predicted molar refractivity (Wildman–Crippen MR) is 103 cm³/mol. The van der Waals surface area contributed by atoms with Crippen LogP contribution in [0.1, 0.15) is 29.7 Å². The molecular weight excluding hydrogens is 360 g/mol. The van der Waals surface area contributed by atoms with Crippen molar-refractivity contribution in [1.82, 2.24) is 5.32 Å². The number of nitro groups is 1. The summed E-state index contributed by atoms with van der Waals surface area (Å²) in [5.41, 5.74) is 2.93. The second-order valence-corrected chi connectivity index (χ2v) is 6.86. The highest BCUT2D eigenvalue weighted by atomic mass is 16.6. The molecule has 1 aliphatic rings. The maximum atomic E-state index is 12.0. The van der Waals surface area contributed by atoms with Gasteiger partial charge in [0.2, 0.25) is 0 Å². The van der Waals surface area contributed by atoms with Gasteiger partial charge in [-0.15, -0.1) is 0 Å². The van der Waals surface area contributed by atoms with Crippen LogP contribution < -0.4 is 10.1 Å². The van der Waals surface area contributed by atoms with Gasteiger partial charge in [-0.3, -0.25) is 14.9 Å². The van der Waals surface area contributed by atoms with Crippen molar-refractivity contribution in [1.29, 1.82) is 0 Å². The molecule has 0 radical (unpaired) electrons. The first-order valence-electron chi connectivity index (χ1n) is 9.27. The molecule has 0 saturated carbocycles. The number of nitrogens with one attached hydrogen (secondary N) is 1. The van der Waals surface area contributed by atoms with Crippen molar-refractivity contribution in [2.24, 2.45) is 0 Å². The summed E-state index contributed by atoms with van der Waals surface area (Å²) in [4.78, 5) is 22.2. The lowest BCUT2D eigenvalue weighted by Crippen LogP contribution is -2.28. The van der Waals surface area contributed by atoms with E-state index in [1.807, 2.05) is 12.1 Å². The van der Waals surface area contributed by atoms with Crippen LogP contribution in [0.3, 0.4) is 0 Å². The number of non-ortho nitro benzene ring substituents is 1. The Hall–Kier alpha value is -3.35. The number of hydrogen-bond donors (Lipinski definition) is 1. The number of hydrogen-bond acceptors (Lipinski definition) is 5. The number of amides is 1. The van der Waals surface area contributed by atoms with E-state index < -0.39 is 4.92 Å². The lowest BCUT2D eigenvalue weighted by Gasteiger charge is -2.09. The van der Waals surface area contributed by atoms with Crippen molar-refractivity contribution in [3.8, 4) is 5.75 Å². The fourth-order valence-electron chi connectivity index (χ4n) is 3.47. The summed E-state index contributed by atoms with van der Waals surface area (Å²) in [5.74, 6) is 1.44. The lowest BCUT2D eigenvalue weighted by molar-refractivity contribution is -0.384. The van der Waals surface area contributed by atoms with Crippen molar-refractivity contribution >= 4 is 22.6 Å². The minimum atomic E-state index is -0.454. The smallest absolute Gasteiger partial charge is 0.269 e. The molecular formula is C21H20N2O5. The first-order chi connectivity index (χ1) is 13.6. The standard InChI is InChI=1S/C21H20N2O5/c24-21(22-12-14-5-7-15(8-6-14)23(25)26)13-27-16-9-10-20-18(11-16)17-3-1-2-4-19(17)28-20/h5-11H,1-4,12-13H2,(H,22,24). The van der Waals surface area contributed by atoms with E-state index in [-0.39, 0.29) is 24.7 Å². The summed E-state index contributed by atoms with van der Waals surface area (Å²) in [5, 5.41) is 14.5. The highest BCUT2D eigenvalue weighted by Crippen LogP contribution is 2.33. The van der Waals surface area contributed by atoms with Gasteiger partial charge in [-0.25, -0.2) is 0 Å². The summed E-state index contributed by atoms with van der Waals surface area (Å²) >= 11 is 0. The average Bonchev–Trinajstić information content (AvgIpc) is 3.09. The largest absolute Gasteiger partial charge is 0.484 e. The van der Waals surface area contributed by atoms with Crippen LogP contribution >= 0.6 is 0 Å². The number of aryl methyl sites for hydroxylation is 2. The third-order valence-corrected chi connectivity index (χ3v) is 4.93. The summed E-state index contributed by atoms with van der Waals surface area (Å²) in [6, 6.07) is 11.7. The number of carbonyl (C=O) groups is 1.